The van der Waals surface area contributed by atoms with Crippen LogP contribution in [-0.4, -0.2) is 5.78 Å². The van der Waals surface area contributed by atoms with Gasteiger partial charge in [-0.2, -0.15) is 0 Å². The van der Waals surface area contributed by atoms with Gasteiger partial charge in [0.25, 0.3) is 0 Å². The van der Waals surface area contributed by atoms with Gasteiger partial charge >= 0.3 is 0 Å². The molecule has 0 spiro atoms. The molecule has 1 rings (SSSR count). The lowest BCUT2D eigenvalue weighted by molar-refractivity contribution is 0.0989. The fourth-order valence-corrected chi connectivity index (χ4v) is 1.49. The molecule has 2 N–H and O–H groups in total. The number of rotatable bonds is 2. The second kappa shape index (κ2) is 3.92. The van der Waals surface area contributed by atoms with E-state index < -0.39 is 0 Å². The van der Waals surface area contributed by atoms with Crippen molar-refractivity contribution in [3.8, 4) is 0 Å². The number of benzene rings is 1. The highest BCUT2D eigenvalue weighted by Gasteiger charge is 2.09. The van der Waals surface area contributed by atoms with Gasteiger partial charge in [0.1, 0.15) is 0 Å². The molecule has 0 saturated heterocycles. The number of hydrogen-bond donors (Lipinski definition) is 1. The van der Waals surface area contributed by atoms with E-state index in [1.54, 1.807) is 6.07 Å². The Bertz CT molecular complexity index is 347. The van der Waals surface area contributed by atoms with Crippen LogP contribution in [0, 0.1) is 6.92 Å². The molecule has 0 fully saturated rings. The lowest BCUT2D eigenvalue weighted by Gasteiger charge is -2.06. The molecule has 2 nitrogen and oxygen atoms in total. The monoisotopic (exact) mass is 241 g/mol. The van der Waals surface area contributed by atoms with E-state index in [1.807, 2.05) is 19.9 Å². The van der Waals surface area contributed by atoms with Crippen molar-refractivity contribution in [2.75, 3.05) is 5.73 Å². The summed E-state index contributed by atoms with van der Waals surface area (Å²) in [5.74, 6) is 0.0908. The summed E-state index contributed by atoms with van der Waals surface area (Å²) in [7, 11) is 0. The van der Waals surface area contributed by atoms with Crippen molar-refractivity contribution >= 4 is 27.4 Å². The molecule has 0 amide bonds. The van der Waals surface area contributed by atoms with Gasteiger partial charge in [0.2, 0.25) is 0 Å². The van der Waals surface area contributed by atoms with Crippen molar-refractivity contribution in [1.82, 2.24) is 0 Å². The maximum atomic E-state index is 11.4. The number of hydrogen-bond acceptors (Lipinski definition) is 2. The summed E-state index contributed by atoms with van der Waals surface area (Å²) in [6.07, 6.45) is 0.491. The average molecular weight is 242 g/mol. The van der Waals surface area contributed by atoms with E-state index in [-0.39, 0.29) is 5.78 Å². The third-order valence-electron chi connectivity index (χ3n) is 1.95. The van der Waals surface area contributed by atoms with Crippen LogP contribution in [-0.2, 0) is 0 Å². The van der Waals surface area contributed by atoms with E-state index in [0.29, 0.717) is 17.7 Å². The van der Waals surface area contributed by atoms with Gasteiger partial charge < -0.3 is 5.73 Å². The molecule has 0 atom stereocenters. The average Bonchev–Trinajstić information content (AvgIpc) is 2.10. The van der Waals surface area contributed by atoms with Gasteiger partial charge in [-0.1, -0.05) is 22.9 Å². The first kappa shape index (κ1) is 10.3. The number of nitrogen functional groups attached to an aromatic ring is 1. The Labute approximate surface area is 86.3 Å². The van der Waals surface area contributed by atoms with Crippen molar-refractivity contribution in [1.29, 1.82) is 0 Å². The number of anilines is 1. The van der Waals surface area contributed by atoms with Crippen molar-refractivity contribution in [3.05, 3.63) is 27.7 Å². The highest BCUT2D eigenvalue weighted by Crippen LogP contribution is 2.23. The summed E-state index contributed by atoms with van der Waals surface area (Å²) >= 11 is 3.36. The number of nitrogens with two attached hydrogens (primary N) is 1. The summed E-state index contributed by atoms with van der Waals surface area (Å²) in [5.41, 5.74) is 7.92. The molecule has 0 heterocycles. The first-order valence-corrected chi connectivity index (χ1v) is 4.94. The van der Waals surface area contributed by atoms with E-state index in [0.717, 1.165) is 10.0 Å². The Hall–Kier alpha value is -0.830. The maximum Gasteiger partial charge on any atom is 0.164 e. The van der Waals surface area contributed by atoms with Crippen LogP contribution >= 0.6 is 15.9 Å². The fourth-order valence-electron chi connectivity index (χ4n) is 1.13. The predicted molar refractivity (Wildman–Crippen MR) is 57.9 cm³/mol. The normalized spacial score (nSPS) is 10.1. The third kappa shape index (κ3) is 2.10. The number of halogens is 1. The van der Waals surface area contributed by atoms with Gasteiger partial charge in [0.05, 0.1) is 0 Å². The van der Waals surface area contributed by atoms with Crippen LogP contribution in [0.15, 0.2) is 16.6 Å². The smallest absolute Gasteiger partial charge is 0.164 e. The second-order valence-corrected chi connectivity index (χ2v) is 3.82. The molecule has 1 aromatic carbocycles. The van der Waals surface area contributed by atoms with Crippen molar-refractivity contribution in [2.45, 2.75) is 20.3 Å². The zero-order valence-electron chi connectivity index (χ0n) is 7.73. The molecule has 0 unspecified atom stereocenters. The molecule has 0 radical (unpaired) electrons. The van der Waals surface area contributed by atoms with Crippen molar-refractivity contribution in [3.63, 3.8) is 0 Å². The quantitative estimate of drug-likeness (QED) is 0.640. The van der Waals surface area contributed by atoms with Gasteiger partial charge in [-0.15, -0.1) is 0 Å². The first-order valence-electron chi connectivity index (χ1n) is 4.15. The number of aryl methyl sites for hydroxylation is 1. The summed E-state index contributed by atoms with van der Waals surface area (Å²) < 4.78 is 0.942. The van der Waals surface area contributed by atoms with Crippen LogP contribution in [0.25, 0.3) is 0 Å². The number of Topliss-reactive ketones (excluding diaryl/α,β-unsaturated/α-hetero) is 1. The van der Waals surface area contributed by atoms with E-state index >= 15 is 0 Å². The Morgan fingerprint density at radius 1 is 1.54 bits per heavy atom. The predicted octanol–water partition coefficient (Wildman–Crippen LogP) is 2.93. The summed E-state index contributed by atoms with van der Waals surface area (Å²) in [5, 5.41) is 0. The zero-order chi connectivity index (χ0) is 10.0. The highest BCUT2D eigenvalue weighted by atomic mass is 79.9. The highest BCUT2D eigenvalue weighted by molar-refractivity contribution is 9.10. The number of ketones is 1. The first-order chi connectivity index (χ1) is 6.06. The van der Waals surface area contributed by atoms with E-state index in [4.69, 9.17) is 5.73 Å². The number of carbonyl (C=O) groups excluding carboxylic acids is 1. The van der Waals surface area contributed by atoms with Crippen LogP contribution in [0.5, 0.6) is 0 Å². The number of carbonyl (C=O) groups is 1. The molecule has 0 saturated carbocycles. The largest absolute Gasteiger partial charge is 0.398 e. The summed E-state index contributed by atoms with van der Waals surface area (Å²) in [4.78, 5) is 11.4. The van der Waals surface area contributed by atoms with Crippen LogP contribution < -0.4 is 5.73 Å². The lowest BCUT2D eigenvalue weighted by Crippen LogP contribution is -2.03. The third-order valence-corrected chi connectivity index (χ3v) is 2.81. The van der Waals surface area contributed by atoms with Crippen molar-refractivity contribution in [2.24, 2.45) is 0 Å². The fraction of sp³-hybridized carbons (Fsp3) is 0.300. The molecule has 0 aromatic heterocycles. The molecule has 1 aromatic rings. The topological polar surface area (TPSA) is 43.1 Å². The van der Waals surface area contributed by atoms with E-state index in [9.17, 15) is 4.79 Å². The standard InChI is InChI=1S/C10H12BrNO/c1-3-10(13)7-4-6(2)8(11)5-9(7)12/h4-5H,3,12H2,1-2H3. The molecule has 0 aliphatic heterocycles. The Balaban J connectivity index is 3.23. The van der Waals surface area contributed by atoms with Gasteiger partial charge in [-0.05, 0) is 24.6 Å². The molecule has 13 heavy (non-hydrogen) atoms. The van der Waals surface area contributed by atoms with Crippen LogP contribution in [0.2, 0.25) is 0 Å². The SMILES string of the molecule is CCC(=O)c1cc(C)c(Br)cc1N. The van der Waals surface area contributed by atoms with Crippen molar-refractivity contribution < 1.29 is 4.79 Å². The van der Waals surface area contributed by atoms with Crippen LogP contribution in [0.1, 0.15) is 29.3 Å². The Morgan fingerprint density at radius 2 is 2.15 bits per heavy atom. The van der Waals surface area contributed by atoms with Gasteiger partial charge in [-0.3, -0.25) is 4.79 Å². The molecule has 3 heteroatoms. The van der Waals surface area contributed by atoms with E-state index in [2.05, 4.69) is 15.9 Å². The van der Waals surface area contributed by atoms with Crippen LogP contribution in [0.3, 0.4) is 0 Å². The van der Waals surface area contributed by atoms with E-state index in [1.165, 1.54) is 0 Å². The summed E-state index contributed by atoms with van der Waals surface area (Å²) in [6.45, 7) is 3.77. The lowest BCUT2D eigenvalue weighted by atomic mass is 10.0. The zero-order valence-corrected chi connectivity index (χ0v) is 9.31. The molecule has 70 valence electrons. The van der Waals surface area contributed by atoms with Gasteiger partial charge in [0.15, 0.2) is 5.78 Å². The minimum absolute atomic E-state index is 0.0908. The molecular formula is C10H12BrNO. The maximum absolute atomic E-state index is 11.4. The van der Waals surface area contributed by atoms with Gasteiger partial charge in [0, 0.05) is 22.1 Å². The molecule has 0 aliphatic carbocycles. The summed E-state index contributed by atoms with van der Waals surface area (Å²) in [6, 6.07) is 3.60. The second-order valence-electron chi connectivity index (χ2n) is 2.97. The van der Waals surface area contributed by atoms with Crippen LogP contribution in [0.4, 0.5) is 5.69 Å². The minimum Gasteiger partial charge on any atom is -0.398 e. The Morgan fingerprint density at radius 3 is 2.69 bits per heavy atom. The Kier molecular flexibility index (Phi) is 3.09. The molecule has 0 bridgehead atoms. The van der Waals surface area contributed by atoms with Gasteiger partial charge in [-0.25, -0.2) is 0 Å². The molecule has 0 aliphatic rings. The molecular weight excluding hydrogens is 230 g/mol. The minimum atomic E-state index is 0.0908.